The summed E-state index contributed by atoms with van der Waals surface area (Å²) >= 11 is 1.30. The van der Waals surface area contributed by atoms with Gasteiger partial charge in [0, 0.05) is 22.8 Å². The summed E-state index contributed by atoms with van der Waals surface area (Å²) in [5.41, 5.74) is 0.795. The van der Waals surface area contributed by atoms with E-state index in [9.17, 15) is 4.79 Å². The predicted octanol–water partition coefficient (Wildman–Crippen LogP) is 7.08. The molecule has 5 nitrogen and oxygen atoms in total. The number of hydrogen-bond acceptors (Lipinski definition) is 4. The summed E-state index contributed by atoms with van der Waals surface area (Å²) in [6.45, 7) is 8.97. The first-order chi connectivity index (χ1) is 15.3. The number of carbonyl (C=O) groups excluding carboxylic acids is 1. The zero-order valence-electron chi connectivity index (χ0n) is 20.4. The standard InChI is InChI=1S/C26H42N4OS/c1-5-11-21(14-17-29-20(4)27)24(31)32-23-13-8-7-12-22(23)30-25(28)26(18-19(2)3)15-9-6-10-16-26/h7-8,12-13,19,21H,5-6,9-11,14-18H2,1-4H3,(H2,27,29)(H2,28,30). The molecule has 4 N–H and O–H groups in total. The Labute approximate surface area is 198 Å². The van der Waals surface area contributed by atoms with Crippen LogP contribution in [0.5, 0.6) is 0 Å². The zero-order chi connectivity index (χ0) is 23.6. The van der Waals surface area contributed by atoms with Crippen LogP contribution in [0.4, 0.5) is 5.69 Å². The molecule has 1 aliphatic carbocycles. The minimum atomic E-state index is -0.0742. The molecule has 0 aromatic heterocycles. The third kappa shape index (κ3) is 7.95. The zero-order valence-corrected chi connectivity index (χ0v) is 21.2. The molecular formula is C26H42N4OS. The Morgan fingerprint density at radius 2 is 1.81 bits per heavy atom. The Morgan fingerprint density at radius 1 is 1.12 bits per heavy atom. The summed E-state index contributed by atoms with van der Waals surface area (Å²) in [5.74, 6) is 1.57. The molecule has 0 aliphatic heterocycles. The Kier molecular flexibility index (Phi) is 10.8. The van der Waals surface area contributed by atoms with E-state index in [2.05, 4.69) is 31.4 Å². The fourth-order valence-electron chi connectivity index (χ4n) is 4.85. The quantitative estimate of drug-likeness (QED) is 0.162. The SMILES string of the molecule is CCCC(CCNC(C)=N)C(=O)Sc1ccccc1NC(=N)C1(CC(C)C)CCCCC1. The summed E-state index contributed by atoms with van der Waals surface area (Å²) in [5, 5.41) is 23.2. The fourth-order valence-corrected chi connectivity index (χ4v) is 5.84. The molecule has 6 heteroatoms. The normalized spacial score (nSPS) is 16.4. The second-order valence-corrected chi connectivity index (χ2v) is 10.7. The highest BCUT2D eigenvalue weighted by Gasteiger charge is 2.37. The van der Waals surface area contributed by atoms with Crippen molar-refractivity contribution in [3.05, 3.63) is 24.3 Å². The molecule has 0 heterocycles. The molecule has 32 heavy (non-hydrogen) atoms. The van der Waals surface area contributed by atoms with Crippen molar-refractivity contribution < 1.29 is 4.79 Å². The fraction of sp³-hybridized carbons (Fsp3) is 0.654. The summed E-state index contributed by atoms with van der Waals surface area (Å²) < 4.78 is 0. The van der Waals surface area contributed by atoms with Crippen LogP contribution in [-0.4, -0.2) is 23.3 Å². The summed E-state index contributed by atoms with van der Waals surface area (Å²) in [7, 11) is 0. The second kappa shape index (κ2) is 13.0. The first-order valence-corrected chi connectivity index (χ1v) is 13.0. The van der Waals surface area contributed by atoms with Crippen molar-refractivity contribution in [2.24, 2.45) is 17.3 Å². The van der Waals surface area contributed by atoms with Crippen LogP contribution in [0.15, 0.2) is 29.2 Å². The van der Waals surface area contributed by atoms with Gasteiger partial charge in [0.15, 0.2) is 5.12 Å². The van der Waals surface area contributed by atoms with E-state index in [-0.39, 0.29) is 16.4 Å². The molecule has 1 saturated carbocycles. The van der Waals surface area contributed by atoms with E-state index in [4.69, 9.17) is 10.8 Å². The third-order valence-corrected chi connectivity index (χ3v) is 7.46. The molecule has 1 aliphatic rings. The number of thioether (sulfide) groups is 1. The molecule has 1 atom stereocenters. The molecular weight excluding hydrogens is 416 g/mol. The Bertz CT molecular complexity index is 771. The number of para-hydroxylation sites is 1. The number of hydrogen-bond donors (Lipinski definition) is 4. The van der Waals surface area contributed by atoms with Crippen molar-refractivity contribution in [2.45, 2.75) is 90.4 Å². The maximum atomic E-state index is 13.1. The first kappa shape index (κ1) is 26.4. The summed E-state index contributed by atoms with van der Waals surface area (Å²) in [6, 6.07) is 7.91. The molecule has 0 bridgehead atoms. The number of amidine groups is 2. The van der Waals surface area contributed by atoms with Crippen molar-refractivity contribution in [2.75, 3.05) is 11.9 Å². The van der Waals surface area contributed by atoms with Crippen LogP contribution in [0, 0.1) is 28.1 Å². The third-order valence-electron chi connectivity index (χ3n) is 6.35. The molecule has 0 amide bonds. The minimum Gasteiger partial charge on any atom is -0.374 e. The monoisotopic (exact) mass is 458 g/mol. The summed E-state index contributed by atoms with van der Waals surface area (Å²) in [4.78, 5) is 14.0. The van der Waals surface area contributed by atoms with Crippen LogP contribution in [0.2, 0.25) is 0 Å². The van der Waals surface area contributed by atoms with Gasteiger partial charge in [0.2, 0.25) is 0 Å². The van der Waals surface area contributed by atoms with E-state index in [0.717, 1.165) is 49.1 Å². The first-order valence-electron chi connectivity index (χ1n) is 12.2. The van der Waals surface area contributed by atoms with Gasteiger partial charge in [-0.05, 0) is 68.8 Å². The van der Waals surface area contributed by atoms with E-state index in [1.54, 1.807) is 6.92 Å². The molecule has 1 aromatic rings. The van der Waals surface area contributed by atoms with Gasteiger partial charge in [0.05, 0.1) is 11.5 Å². The maximum Gasteiger partial charge on any atom is 0.196 e. The summed E-state index contributed by atoms with van der Waals surface area (Å²) in [6.07, 6.45) is 9.37. The highest BCUT2D eigenvalue weighted by molar-refractivity contribution is 8.13. The largest absolute Gasteiger partial charge is 0.374 e. The van der Waals surface area contributed by atoms with E-state index >= 15 is 0 Å². The number of rotatable bonds is 11. The smallest absolute Gasteiger partial charge is 0.196 e. The molecule has 0 saturated heterocycles. The van der Waals surface area contributed by atoms with Gasteiger partial charge in [0.1, 0.15) is 5.84 Å². The molecule has 0 radical (unpaired) electrons. The molecule has 178 valence electrons. The number of nitrogens with one attached hydrogen (secondary N) is 4. The van der Waals surface area contributed by atoms with E-state index in [1.165, 1.54) is 31.0 Å². The minimum absolute atomic E-state index is 0.0324. The van der Waals surface area contributed by atoms with Gasteiger partial charge in [0.25, 0.3) is 0 Å². The lowest BCUT2D eigenvalue weighted by molar-refractivity contribution is -0.114. The Hall–Kier alpha value is -1.82. The molecule has 2 rings (SSSR count). The van der Waals surface area contributed by atoms with Gasteiger partial charge < -0.3 is 10.6 Å². The van der Waals surface area contributed by atoms with Gasteiger partial charge in [-0.15, -0.1) is 0 Å². The van der Waals surface area contributed by atoms with Crippen LogP contribution >= 0.6 is 11.8 Å². The Morgan fingerprint density at radius 3 is 2.44 bits per heavy atom. The number of benzene rings is 1. The highest BCUT2D eigenvalue weighted by atomic mass is 32.2. The van der Waals surface area contributed by atoms with Gasteiger partial charge in [-0.2, -0.15) is 0 Å². The van der Waals surface area contributed by atoms with Gasteiger partial charge in [-0.25, -0.2) is 0 Å². The van der Waals surface area contributed by atoms with Crippen molar-refractivity contribution in [3.8, 4) is 0 Å². The lowest BCUT2D eigenvalue weighted by Gasteiger charge is -2.39. The second-order valence-electron chi connectivity index (χ2n) is 9.68. The van der Waals surface area contributed by atoms with E-state index < -0.39 is 0 Å². The lowest BCUT2D eigenvalue weighted by atomic mass is 9.68. The molecule has 1 unspecified atom stereocenters. The van der Waals surface area contributed by atoms with Crippen LogP contribution in [-0.2, 0) is 4.79 Å². The van der Waals surface area contributed by atoms with Crippen molar-refractivity contribution >= 4 is 34.2 Å². The van der Waals surface area contributed by atoms with Gasteiger partial charge in [-0.1, -0.05) is 58.6 Å². The average molecular weight is 459 g/mol. The van der Waals surface area contributed by atoms with Crippen molar-refractivity contribution in [1.29, 1.82) is 10.8 Å². The van der Waals surface area contributed by atoms with Crippen LogP contribution in [0.25, 0.3) is 0 Å². The average Bonchev–Trinajstić information content (AvgIpc) is 2.74. The molecule has 0 spiro atoms. The van der Waals surface area contributed by atoms with Gasteiger partial charge >= 0.3 is 0 Å². The Balaban J connectivity index is 2.12. The topological polar surface area (TPSA) is 88.8 Å². The van der Waals surface area contributed by atoms with E-state index in [1.807, 2.05) is 24.3 Å². The van der Waals surface area contributed by atoms with E-state index in [0.29, 0.717) is 24.1 Å². The van der Waals surface area contributed by atoms with Crippen molar-refractivity contribution in [3.63, 3.8) is 0 Å². The number of carbonyl (C=O) groups is 1. The number of anilines is 1. The maximum absolute atomic E-state index is 13.1. The van der Waals surface area contributed by atoms with Gasteiger partial charge in [-0.3, -0.25) is 15.6 Å². The predicted molar refractivity (Wildman–Crippen MR) is 138 cm³/mol. The van der Waals surface area contributed by atoms with Crippen LogP contribution < -0.4 is 10.6 Å². The molecule has 1 fully saturated rings. The van der Waals surface area contributed by atoms with Crippen LogP contribution in [0.3, 0.4) is 0 Å². The van der Waals surface area contributed by atoms with Crippen molar-refractivity contribution in [1.82, 2.24) is 5.32 Å². The molecule has 1 aromatic carbocycles. The lowest BCUT2D eigenvalue weighted by Crippen LogP contribution is -2.38. The highest BCUT2D eigenvalue weighted by Crippen LogP contribution is 2.43. The van der Waals surface area contributed by atoms with Crippen LogP contribution in [0.1, 0.15) is 85.5 Å².